The van der Waals surface area contributed by atoms with E-state index in [2.05, 4.69) is 10.4 Å². The van der Waals surface area contributed by atoms with Gasteiger partial charge in [0, 0.05) is 24.5 Å². The molecule has 128 valence electrons. The van der Waals surface area contributed by atoms with Crippen LogP contribution in [0.2, 0.25) is 0 Å². The Labute approximate surface area is 141 Å². The average molecular weight is 347 g/mol. The van der Waals surface area contributed by atoms with Gasteiger partial charge in [-0.2, -0.15) is 5.10 Å². The molecule has 1 aliphatic rings. The zero-order valence-corrected chi connectivity index (χ0v) is 14.2. The highest BCUT2D eigenvalue weighted by Crippen LogP contribution is 2.25. The monoisotopic (exact) mass is 347 g/mol. The molecule has 1 amide bonds. The van der Waals surface area contributed by atoms with Crippen LogP contribution in [0.5, 0.6) is 0 Å². The fourth-order valence-electron chi connectivity index (χ4n) is 3.02. The van der Waals surface area contributed by atoms with Crippen molar-refractivity contribution in [3.8, 4) is 5.69 Å². The highest BCUT2D eigenvalue weighted by Gasteiger charge is 2.28. The summed E-state index contributed by atoms with van der Waals surface area (Å²) in [5.74, 6) is -0.364. The predicted molar refractivity (Wildman–Crippen MR) is 92.9 cm³/mol. The predicted octanol–water partition coefficient (Wildman–Crippen LogP) is 2.56. The van der Waals surface area contributed by atoms with Crippen molar-refractivity contribution in [1.82, 2.24) is 9.78 Å². The van der Waals surface area contributed by atoms with Crippen molar-refractivity contribution in [3.63, 3.8) is 0 Å². The maximum absolute atomic E-state index is 12.2. The Balaban J connectivity index is 1.58. The summed E-state index contributed by atoms with van der Waals surface area (Å²) >= 11 is 0. The van der Waals surface area contributed by atoms with Gasteiger partial charge in [-0.05, 0) is 37.1 Å². The minimum atomic E-state index is -3.17. The number of sulfone groups is 1. The first kappa shape index (κ1) is 16.7. The summed E-state index contributed by atoms with van der Waals surface area (Å²) < 4.78 is 26.1. The molecule has 1 N–H and O–H groups in total. The summed E-state index contributed by atoms with van der Waals surface area (Å²) in [5, 5.41) is 6.65. The van der Waals surface area contributed by atoms with Crippen molar-refractivity contribution >= 4 is 21.4 Å². The molecule has 2 aromatic rings. The molecule has 0 atom stereocenters. The number of carbonyl (C=O) groups is 1. The second kappa shape index (κ2) is 7.17. The van der Waals surface area contributed by atoms with Gasteiger partial charge in [0.05, 0.1) is 16.7 Å². The molecule has 0 spiro atoms. The Hall–Kier alpha value is -2.15. The number of hydrogen-bond donors (Lipinski definition) is 1. The van der Waals surface area contributed by atoms with E-state index in [-0.39, 0.29) is 23.3 Å². The number of nitrogens with zero attached hydrogens (tertiary/aromatic N) is 2. The van der Waals surface area contributed by atoms with Crippen LogP contribution >= 0.6 is 0 Å². The third kappa shape index (κ3) is 4.03. The standard InChI is InChI=1S/C17H21N3O3S/c21-17(9-12-24(22,23)16-7-1-2-8-16)19-14-5-3-6-15(13-14)20-11-4-10-18-20/h3-6,10-11,13,16H,1-2,7-9,12H2,(H,19,21). The largest absolute Gasteiger partial charge is 0.326 e. The number of carbonyl (C=O) groups excluding carboxylic acids is 1. The SMILES string of the molecule is O=C(CCS(=O)(=O)C1CCCC1)Nc1cccc(-n2cccn2)c1. The second-order valence-corrected chi connectivity index (χ2v) is 8.47. The molecule has 7 heteroatoms. The maximum Gasteiger partial charge on any atom is 0.225 e. The first-order valence-electron chi connectivity index (χ1n) is 8.16. The lowest BCUT2D eigenvalue weighted by Crippen LogP contribution is -2.24. The van der Waals surface area contributed by atoms with Crippen LogP contribution in [-0.4, -0.2) is 35.1 Å². The van der Waals surface area contributed by atoms with Gasteiger partial charge in [0.25, 0.3) is 0 Å². The molecule has 24 heavy (non-hydrogen) atoms. The number of benzene rings is 1. The fraction of sp³-hybridized carbons (Fsp3) is 0.412. The van der Waals surface area contributed by atoms with Crippen LogP contribution in [0.25, 0.3) is 5.69 Å². The van der Waals surface area contributed by atoms with Gasteiger partial charge in [-0.1, -0.05) is 18.9 Å². The lowest BCUT2D eigenvalue weighted by atomic mass is 10.2. The van der Waals surface area contributed by atoms with Gasteiger partial charge in [0.2, 0.25) is 5.91 Å². The number of hydrogen-bond acceptors (Lipinski definition) is 4. The summed E-state index contributed by atoms with van der Waals surface area (Å²) in [6.07, 6.45) is 6.89. The van der Waals surface area contributed by atoms with Gasteiger partial charge >= 0.3 is 0 Å². The van der Waals surface area contributed by atoms with Gasteiger partial charge in [0.15, 0.2) is 9.84 Å². The van der Waals surface area contributed by atoms with Crippen molar-refractivity contribution in [3.05, 3.63) is 42.7 Å². The lowest BCUT2D eigenvalue weighted by Gasteiger charge is -2.11. The van der Waals surface area contributed by atoms with Crippen molar-refractivity contribution in [2.75, 3.05) is 11.1 Å². The summed E-state index contributed by atoms with van der Waals surface area (Å²) in [4.78, 5) is 12.1. The third-order valence-electron chi connectivity index (χ3n) is 4.32. The van der Waals surface area contributed by atoms with Crippen LogP contribution in [0.3, 0.4) is 0 Å². The molecule has 0 radical (unpaired) electrons. The van der Waals surface area contributed by atoms with E-state index in [9.17, 15) is 13.2 Å². The molecule has 1 aromatic heterocycles. The topological polar surface area (TPSA) is 81.1 Å². The summed E-state index contributed by atoms with van der Waals surface area (Å²) in [6, 6.07) is 9.10. The van der Waals surface area contributed by atoms with Crippen molar-refractivity contribution in [1.29, 1.82) is 0 Å². The highest BCUT2D eigenvalue weighted by molar-refractivity contribution is 7.92. The molecule has 0 saturated heterocycles. The lowest BCUT2D eigenvalue weighted by molar-refractivity contribution is -0.115. The van der Waals surface area contributed by atoms with E-state index in [4.69, 9.17) is 0 Å². The highest BCUT2D eigenvalue weighted by atomic mass is 32.2. The summed E-state index contributed by atoms with van der Waals surface area (Å²) in [7, 11) is -3.17. The van der Waals surface area contributed by atoms with Gasteiger partial charge in [-0.25, -0.2) is 13.1 Å². The molecule has 1 heterocycles. The molecule has 1 aliphatic carbocycles. The van der Waals surface area contributed by atoms with E-state index in [1.54, 1.807) is 23.0 Å². The Bertz CT molecular complexity index is 794. The molecule has 0 aliphatic heterocycles. The Morgan fingerprint density at radius 1 is 1.25 bits per heavy atom. The van der Waals surface area contributed by atoms with Crippen LogP contribution in [0.1, 0.15) is 32.1 Å². The molecule has 1 saturated carbocycles. The first-order valence-corrected chi connectivity index (χ1v) is 9.88. The van der Waals surface area contributed by atoms with Crippen LogP contribution in [-0.2, 0) is 14.6 Å². The zero-order chi connectivity index (χ0) is 17.0. The van der Waals surface area contributed by atoms with Crippen LogP contribution in [0.15, 0.2) is 42.7 Å². The maximum atomic E-state index is 12.2. The van der Waals surface area contributed by atoms with Crippen LogP contribution < -0.4 is 5.32 Å². The van der Waals surface area contributed by atoms with E-state index in [1.807, 2.05) is 24.4 Å². The summed E-state index contributed by atoms with van der Waals surface area (Å²) in [6.45, 7) is 0. The fourth-order valence-corrected chi connectivity index (χ4v) is 4.88. The molecule has 6 nitrogen and oxygen atoms in total. The van der Waals surface area contributed by atoms with Gasteiger partial charge in [-0.3, -0.25) is 4.79 Å². The first-order chi connectivity index (χ1) is 11.5. The number of nitrogens with one attached hydrogen (secondary N) is 1. The molecule has 0 unspecified atom stereocenters. The Morgan fingerprint density at radius 2 is 2.04 bits per heavy atom. The summed E-state index contributed by atoms with van der Waals surface area (Å²) in [5.41, 5.74) is 1.46. The van der Waals surface area contributed by atoms with E-state index >= 15 is 0 Å². The quantitative estimate of drug-likeness (QED) is 0.871. The molecular formula is C17H21N3O3S. The normalized spacial score (nSPS) is 15.5. The number of rotatable bonds is 6. The van der Waals surface area contributed by atoms with E-state index in [0.717, 1.165) is 31.4 Å². The Morgan fingerprint density at radius 3 is 2.75 bits per heavy atom. The molecule has 0 bridgehead atoms. The average Bonchev–Trinajstić information content (AvgIpc) is 3.26. The van der Waals surface area contributed by atoms with E-state index in [1.165, 1.54) is 0 Å². The second-order valence-electron chi connectivity index (χ2n) is 6.07. The minimum absolute atomic E-state index is 0.00910. The van der Waals surface area contributed by atoms with Gasteiger partial charge in [-0.15, -0.1) is 0 Å². The van der Waals surface area contributed by atoms with E-state index < -0.39 is 9.84 Å². The van der Waals surface area contributed by atoms with Crippen LogP contribution in [0.4, 0.5) is 5.69 Å². The Kier molecular flexibility index (Phi) is 4.99. The molecule has 3 rings (SSSR count). The van der Waals surface area contributed by atoms with Crippen molar-refractivity contribution < 1.29 is 13.2 Å². The number of aromatic nitrogens is 2. The smallest absolute Gasteiger partial charge is 0.225 e. The molecule has 1 fully saturated rings. The third-order valence-corrected chi connectivity index (χ3v) is 6.58. The van der Waals surface area contributed by atoms with Gasteiger partial charge < -0.3 is 5.32 Å². The zero-order valence-electron chi connectivity index (χ0n) is 13.4. The van der Waals surface area contributed by atoms with Crippen LogP contribution in [0, 0.1) is 0 Å². The minimum Gasteiger partial charge on any atom is -0.326 e. The number of anilines is 1. The van der Waals surface area contributed by atoms with Crippen molar-refractivity contribution in [2.24, 2.45) is 0 Å². The number of amides is 1. The van der Waals surface area contributed by atoms with E-state index in [0.29, 0.717) is 5.69 Å². The van der Waals surface area contributed by atoms with Crippen molar-refractivity contribution in [2.45, 2.75) is 37.4 Å². The molecular weight excluding hydrogens is 326 g/mol. The molecule has 1 aromatic carbocycles. The van der Waals surface area contributed by atoms with Gasteiger partial charge in [0.1, 0.15) is 0 Å².